The molecule has 18 heavy (non-hydrogen) atoms. The summed E-state index contributed by atoms with van der Waals surface area (Å²) in [5.41, 5.74) is 2.79. The van der Waals surface area contributed by atoms with E-state index in [-0.39, 0.29) is 0 Å². The topological polar surface area (TPSA) is 50.7 Å². The first kappa shape index (κ1) is 11.7. The van der Waals surface area contributed by atoms with Crippen LogP contribution in [0.15, 0.2) is 17.8 Å². The summed E-state index contributed by atoms with van der Waals surface area (Å²) in [6.45, 7) is 3.07. The van der Waals surface area contributed by atoms with E-state index in [2.05, 4.69) is 20.7 Å². The van der Waals surface area contributed by atoms with E-state index in [1.165, 1.54) is 24.3 Å². The zero-order valence-electron chi connectivity index (χ0n) is 10.4. The van der Waals surface area contributed by atoms with Crippen LogP contribution in [0.1, 0.15) is 36.0 Å². The molecule has 0 spiro atoms. The molecule has 0 aromatic carbocycles. The van der Waals surface area contributed by atoms with Gasteiger partial charge in [0.2, 0.25) is 0 Å². The minimum Gasteiger partial charge on any atom is -0.308 e. The van der Waals surface area contributed by atoms with Crippen LogP contribution in [0.3, 0.4) is 0 Å². The molecule has 2 aromatic rings. The van der Waals surface area contributed by atoms with Crippen LogP contribution in [0.4, 0.5) is 0 Å². The van der Waals surface area contributed by atoms with E-state index in [0.717, 1.165) is 23.6 Å². The lowest BCUT2D eigenvalue weighted by atomic mass is 10.1. The van der Waals surface area contributed by atoms with Crippen molar-refractivity contribution in [2.75, 3.05) is 6.54 Å². The molecule has 1 fully saturated rings. The van der Waals surface area contributed by atoms with E-state index in [9.17, 15) is 0 Å². The number of rotatable bonds is 2. The van der Waals surface area contributed by atoms with Crippen LogP contribution in [-0.4, -0.2) is 21.5 Å². The predicted molar refractivity (Wildman–Crippen MR) is 72.5 cm³/mol. The highest BCUT2D eigenvalue weighted by Gasteiger charge is 2.19. The maximum absolute atomic E-state index is 4.72. The van der Waals surface area contributed by atoms with Gasteiger partial charge < -0.3 is 5.32 Å². The molecule has 1 N–H and O–H groups in total. The van der Waals surface area contributed by atoms with Crippen LogP contribution in [0.25, 0.3) is 11.4 Å². The van der Waals surface area contributed by atoms with Gasteiger partial charge in [-0.05, 0) is 26.3 Å². The first-order valence-electron chi connectivity index (χ1n) is 6.31. The number of nitrogens with one attached hydrogen (secondary N) is 1. The molecule has 1 aliphatic heterocycles. The molecule has 1 aliphatic rings. The van der Waals surface area contributed by atoms with Crippen molar-refractivity contribution in [2.45, 2.75) is 32.2 Å². The Hall–Kier alpha value is -1.33. The summed E-state index contributed by atoms with van der Waals surface area (Å²) in [5, 5.41) is 6.79. The minimum absolute atomic E-state index is 0.425. The van der Waals surface area contributed by atoms with E-state index in [4.69, 9.17) is 4.98 Å². The number of thiazole rings is 1. The largest absolute Gasteiger partial charge is 0.308 e. The van der Waals surface area contributed by atoms with E-state index >= 15 is 0 Å². The molecule has 1 atom stereocenters. The zero-order chi connectivity index (χ0) is 12.4. The molecular weight excluding hydrogens is 244 g/mol. The van der Waals surface area contributed by atoms with Crippen LogP contribution in [0, 0.1) is 6.92 Å². The Labute approximate surface area is 111 Å². The molecule has 94 valence electrons. The maximum Gasteiger partial charge on any atom is 0.111 e. The van der Waals surface area contributed by atoms with Crippen molar-refractivity contribution in [3.8, 4) is 11.4 Å². The first-order chi connectivity index (χ1) is 8.84. The van der Waals surface area contributed by atoms with Crippen molar-refractivity contribution >= 4 is 11.3 Å². The van der Waals surface area contributed by atoms with Crippen LogP contribution in [-0.2, 0) is 0 Å². The number of hydrogen-bond acceptors (Lipinski definition) is 5. The normalized spacial score (nSPS) is 19.9. The molecule has 0 aliphatic carbocycles. The molecule has 1 unspecified atom stereocenters. The smallest absolute Gasteiger partial charge is 0.111 e. The van der Waals surface area contributed by atoms with Crippen molar-refractivity contribution in [1.29, 1.82) is 0 Å². The second-order valence-electron chi connectivity index (χ2n) is 4.56. The van der Waals surface area contributed by atoms with E-state index in [0.29, 0.717) is 6.04 Å². The van der Waals surface area contributed by atoms with Crippen molar-refractivity contribution in [3.05, 3.63) is 28.5 Å². The Balaban J connectivity index is 1.87. The van der Waals surface area contributed by atoms with Gasteiger partial charge in [0.15, 0.2) is 0 Å². The lowest BCUT2D eigenvalue weighted by Gasteiger charge is -2.21. The summed E-state index contributed by atoms with van der Waals surface area (Å²) in [4.78, 5) is 13.4. The van der Waals surface area contributed by atoms with Gasteiger partial charge in [0.05, 0.1) is 11.7 Å². The number of aryl methyl sites for hydroxylation is 1. The Morgan fingerprint density at radius 2 is 2.17 bits per heavy atom. The summed E-state index contributed by atoms with van der Waals surface area (Å²) in [6.07, 6.45) is 7.19. The van der Waals surface area contributed by atoms with Gasteiger partial charge in [-0.25, -0.2) is 4.98 Å². The average Bonchev–Trinajstić information content (AvgIpc) is 2.90. The standard InChI is InChI=1S/C13H16N4S/c1-9-12(16-7-6-14-9)11-8-18-13(17-11)10-4-2-3-5-15-10/h6-8,10,15H,2-5H2,1H3. The van der Waals surface area contributed by atoms with Crippen LogP contribution in [0.5, 0.6) is 0 Å². The Morgan fingerprint density at radius 3 is 2.94 bits per heavy atom. The predicted octanol–water partition coefficient (Wildman–Crippen LogP) is 2.72. The van der Waals surface area contributed by atoms with Gasteiger partial charge in [-0.1, -0.05) is 6.42 Å². The van der Waals surface area contributed by atoms with Gasteiger partial charge >= 0.3 is 0 Å². The van der Waals surface area contributed by atoms with Gasteiger partial charge in [0.1, 0.15) is 16.4 Å². The van der Waals surface area contributed by atoms with Gasteiger partial charge in [0, 0.05) is 17.8 Å². The SMILES string of the molecule is Cc1nccnc1-c1csc(C2CCCCN2)n1. The first-order valence-corrected chi connectivity index (χ1v) is 7.19. The monoisotopic (exact) mass is 260 g/mol. The molecule has 1 saturated heterocycles. The molecule has 0 amide bonds. The fraction of sp³-hybridized carbons (Fsp3) is 0.462. The number of aromatic nitrogens is 3. The Kier molecular flexibility index (Phi) is 3.34. The van der Waals surface area contributed by atoms with Crippen LogP contribution in [0.2, 0.25) is 0 Å². The summed E-state index contributed by atoms with van der Waals surface area (Å²) in [7, 11) is 0. The molecule has 2 aromatic heterocycles. The Bertz CT molecular complexity index is 531. The second-order valence-corrected chi connectivity index (χ2v) is 5.45. The summed E-state index contributed by atoms with van der Waals surface area (Å²) in [6, 6.07) is 0.425. The maximum atomic E-state index is 4.72. The molecule has 0 saturated carbocycles. The molecule has 3 rings (SSSR count). The zero-order valence-corrected chi connectivity index (χ0v) is 11.2. The average molecular weight is 260 g/mol. The van der Waals surface area contributed by atoms with Gasteiger partial charge in [0.25, 0.3) is 0 Å². The third kappa shape index (κ3) is 2.28. The lowest BCUT2D eigenvalue weighted by Crippen LogP contribution is -2.26. The fourth-order valence-corrected chi connectivity index (χ4v) is 3.19. The van der Waals surface area contributed by atoms with Crippen molar-refractivity contribution in [3.63, 3.8) is 0 Å². The minimum atomic E-state index is 0.425. The van der Waals surface area contributed by atoms with E-state index in [1.807, 2.05) is 6.92 Å². The van der Waals surface area contributed by atoms with Crippen LogP contribution < -0.4 is 5.32 Å². The molecule has 3 heterocycles. The molecule has 4 nitrogen and oxygen atoms in total. The summed E-state index contributed by atoms with van der Waals surface area (Å²) >= 11 is 1.72. The van der Waals surface area contributed by atoms with Gasteiger partial charge in [-0.15, -0.1) is 11.3 Å². The number of piperidine rings is 1. The van der Waals surface area contributed by atoms with Crippen molar-refractivity contribution in [2.24, 2.45) is 0 Å². The third-order valence-corrected chi connectivity index (χ3v) is 4.21. The highest BCUT2D eigenvalue weighted by molar-refractivity contribution is 7.10. The highest BCUT2D eigenvalue weighted by Crippen LogP contribution is 2.29. The van der Waals surface area contributed by atoms with Crippen LogP contribution >= 0.6 is 11.3 Å². The Morgan fingerprint density at radius 1 is 1.28 bits per heavy atom. The lowest BCUT2D eigenvalue weighted by molar-refractivity contribution is 0.411. The highest BCUT2D eigenvalue weighted by atomic mass is 32.1. The van der Waals surface area contributed by atoms with Gasteiger partial charge in [-0.2, -0.15) is 0 Å². The van der Waals surface area contributed by atoms with E-state index < -0.39 is 0 Å². The number of hydrogen-bond donors (Lipinski definition) is 1. The molecule has 0 radical (unpaired) electrons. The summed E-state index contributed by atoms with van der Waals surface area (Å²) in [5.74, 6) is 0. The number of nitrogens with zero attached hydrogens (tertiary/aromatic N) is 3. The van der Waals surface area contributed by atoms with Gasteiger partial charge in [-0.3, -0.25) is 9.97 Å². The quantitative estimate of drug-likeness (QED) is 0.902. The second kappa shape index (κ2) is 5.12. The van der Waals surface area contributed by atoms with Crippen molar-refractivity contribution in [1.82, 2.24) is 20.3 Å². The molecule has 5 heteroatoms. The third-order valence-electron chi connectivity index (χ3n) is 3.25. The molecular formula is C13H16N4S. The summed E-state index contributed by atoms with van der Waals surface area (Å²) < 4.78 is 0. The van der Waals surface area contributed by atoms with E-state index in [1.54, 1.807) is 23.7 Å². The fourth-order valence-electron chi connectivity index (χ4n) is 2.28. The van der Waals surface area contributed by atoms with Crippen molar-refractivity contribution < 1.29 is 0 Å². The molecule has 0 bridgehead atoms.